The van der Waals surface area contributed by atoms with Gasteiger partial charge in [0.2, 0.25) is 0 Å². The Labute approximate surface area is 202 Å². The van der Waals surface area contributed by atoms with Crippen LogP contribution >= 0.6 is 0 Å². The predicted molar refractivity (Wildman–Crippen MR) is 129 cm³/mol. The van der Waals surface area contributed by atoms with Gasteiger partial charge in [-0.2, -0.15) is 0 Å². The zero-order chi connectivity index (χ0) is 24.8. The molecule has 0 spiro atoms. The molecule has 0 aromatic heterocycles. The van der Waals surface area contributed by atoms with Gasteiger partial charge in [0.05, 0.1) is 7.11 Å². The van der Waals surface area contributed by atoms with Crippen LogP contribution in [0.2, 0.25) is 0 Å². The lowest BCUT2D eigenvalue weighted by Gasteiger charge is -2.15. The first kappa shape index (κ1) is 23.8. The van der Waals surface area contributed by atoms with E-state index >= 15 is 0 Å². The molecule has 35 heavy (non-hydrogen) atoms. The van der Waals surface area contributed by atoms with Gasteiger partial charge < -0.3 is 25.2 Å². The Morgan fingerprint density at radius 3 is 2.00 bits per heavy atom. The first-order valence-electron chi connectivity index (χ1n) is 11.2. The van der Waals surface area contributed by atoms with Gasteiger partial charge in [0.15, 0.2) is 0 Å². The highest BCUT2D eigenvalue weighted by Gasteiger charge is 2.29. The zero-order valence-corrected chi connectivity index (χ0v) is 19.2. The first-order chi connectivity index (χ1) is 17.0. The Bertz CT molecular complexity index is 1180. The van der Waals surface area contributed by atoms with Crippen molar-refractivity contribution in [3.8, 4) is 11.1 Å². The third-order valence-corrected chi connectivity index (χ3v) is 6.02. The summed E-state index contributed by atoms with van der Waals surface area (Å²) in [4.78, 5) is 35.1. The number of carbonyl (C=O) groups excluding carboxylic acids is 2. The molecule has 8 heteroatoms. The molecule has 3 aromatic rings. The van der Waals surface area contributed by atoms with Crippen molar-refractivity contribution in [2.24, 2.45) is 0 Å². The summed E-state index contributed by atoms with van der Waals surface area (Å²) in [7, 11) is 1.17. The van der Waals surface area contributed by atoms with E-state index in [1.54, 1.807) is 24.3 Å². The Kier molecular flexibility index (Phi) is 7.30. The number of carboxylic acid groups (broad SMARTS) is 1. The quantitative estimate of drug-likeness (QED) is 0.453. The number of carboxylic acids is 1. The minimum absolute atomic E-state index is 0.00628. The van der Waals surface area contributed by atoms with Crippen LogP contribution in [0, 0.1) is 0 Å². The zero-order valence-electron chi connectivity index (χ0n) is 19.2. The van der Waals surface area contributed by atoms with Crippen LogP contribution in [-0.2, 0) is 27.2 Å². The maximum absolute atomic E-state index is 12.4. The largest absolute Gasteiger partial charge is 0.480 e. The number of aliphatic carboxylic acids is 1. The van der Waals surface area contributed by atoms with Crippen molar-refractivity contribution in [1.29, 1.82) is 0 Å². The topological polar surface area (TPSA) is 114 Å². The van der Waals surface area contributed by atoms with Gasteiger partial charge in [0, 0.05) is 18.9 Å². The number of rotatable bonds is 8. The van der Waals surface area contributed by atoms with Gasteiger partial charge in [-0.25, -0.2) is 14.4 Å². The molecule has 0 fully saturated rings. The summed E-state index contributed by atoms with van der Waals surface area (Å²) in [5, 5.41) is 14.3. The summed E-state index contributed by atoms with van der Waals surface area (Å²) in [6.07, 6.45) is -1.21. The van der Waals surface area contributed by atoms with E-state index in [4.69, 9.17) is 4.74 Å². The summed E-state index contributed by atoms with van der Waals surface area (Å²) >= 11 is 0. The number of hydrogen-bond donors (Lipinski definition) is 3. The lowest BCUT2D eigenvalue weighted by Crippen LogP contribution is -2.42. The van der Waals surface area contributed by atoms with Crippen LogP contribution in [0.3, 0.4) is 0 Å². The molecule has 2 amide bonds. The molecule has 0 heterocycles. The molecular formula is C27H26N2O6. The minimum atomic E-state index is -1.16. The summed E-state index contributed by atoms with van der Waals surface area (Å²) in [5.74, 6) is -1.16. The van der Waals surface area contributed by atoms with E-state index in [-0.39, 0.29) is 25.5 Å². The molecule has 3 N–H and O–H groups in total. The van der Waals surface area contributed by atoms with Gasteiger partial charge >= 0.3 is 18.2 Å². The lowest BCUT2D eigenvalue weighted by atomic mass is 9.98. The fourth-order valence-corrected chi connectivity index (χ4v) is 4.25. The van der Waals surface area contributed by atoms with Gasteiger partial charge in [0.25, 0.3) is 0 Å². The molecular weight excluding hydrogens is 448 g/mol. The van der Waals surface area contributed by atoms with Crippen molar-refractivity contribution in [1.82, 2.24) is 10.6 Å². The van der Waals surface area contributed by atoms with E-state index in [0.717, 1.165) is 22.3 Å². The van der Waals surface area contributed by atoms with Gasteiger partial charge in [-0.05, 0) is 33.4 Å². The molecule has 0 radical (unpaired) electrons. The average Bonchev–Trinajstić information content (AvgIpc) is 3.20. The third kappa shape index (κ3) is 5.60. The van der Waals surface area contributed by atoms with Crippen molar-refractivity contribution in [3.63, 3.8) is 0 Å². The molecule has 1 aliphatic rings. The van der Waals surface area contributed by atoms with Crippen molar-refractivity contribution in [2.75, 3.05) is 13.7 Å². The smallest absolute Gasteiger partial charge is 0.407 e. The van der Waals surface area contributed by atoms with Crippen LogP contribution in [-0.4, -0.2) is 43.0 Å². The second kappa shape index (κ2) is 10.7. The summed E-state index contributed by atoms with van der Waals surface area (Å²) < 4.78 is 10.0. The highest BCUT2D eigenvalue weighted by molar-refractivity contribution is 5.80. The Morgan fingerprint density at radius 2 is 1.43 bits per heavy atom. The summed E-state index contributed by atoms with van der Waals surface area (Å²) in [5.41, 5.74) is 6.19. The number of hydrogen-bond acceptors (Lipinski definition) is 5. The van der Waals surface area contributed by atoms with E-state index in [9.17, 15) is 19.5 Å². The fourth-order valence-electron chi connectivity index (χ4n) is 4.25. The Balaban J connectivity index is 1.29. The van der Waals surface area contributed by atoms with Crippen LogP contribution in [0.5, 0.6) is 0 Å². The molecule has 1 aliphatic carbocycles. The molecule has 0 aliphatic heterocycles. The van der Waals surface area contributed by atoms with Gasteiger partial charge in [0.1, 0.15) is 12.6 Å². The number of benzene rings is 3. The molecule has 3 aromatic carbocycles. The molecule has 0 saturated heterocycles. The fraction of sp³-hybridized carbons (Fsp3) is 0.222. The van der Waals surface area contributed by atoms with Crippen LogP contribution in [0.15, 0.2) is 72.8 Å². The average molecular weight is 475 g/mol. The number of nitrogens with one attached hydrogen (secondary N) is 2. The van der Waals surface area contributed by atoms with E-state index < -0.39 is 24.2 Å². The first-order valence-corrected chi connectivity index (χ1v) is 11.2. The Hall–Kier alpha value is -4.33. The molecule has 1 atom stereocenters. The molecule has 0 unspecified atom stereocenters. The molecule has 4 rings (SSSR count). The maximum atomic E-state index is 12.4. The van der Waals surface area contributed by atoms with Crippen molar-refractivity contribution >= 4 is 18.2 Å². The number of ether oxygens (including phenoxy) is 2. The number of amides is 2. The highest BCUT2D eigenvalue weighted by atomic mass is 16.5. The summed E-state index contributed by atoms with van der Waals surface area (Å²) in [6.45, 7) is 0.502. The van der Waals surface area contributed by atoms with Crippen molar-refractivity contribution in [2.45, 2.75) is 24.9 Å². The summed E-state index contributed by atoms with van der Waals surface area (Å²) in [6, 6.07) is 22.3. The van der Waals surface area contributed by atoms with Crippen molar-refractivity contribution in [3.05, 3.63) is 95.1 Å². The standard InChI is InChI=1S/C27H26N2O6/c1-34-27(33)29-24(25(30)31)14-17-10-12-18(13-11-17)15-28-26(32)35-16-23-21-8-4-2-6-19(21)20-7-3-5-9-22(20)23/h2-13,23-24H,14-16H2,1H3,(H,28,32)(H,29,33)(H,30,31)/t24-/m0/s1. The maximum Gasteiger partial charge on any atom is 0.407 e. The Morgan fingerprint density at radius 1 is 0.857 bits per heavy atom. The minimum Gasteiger partial charge on any atom is -0.480 e. The second-order valence-corrected chi connectivity index (χ2v) is 8.23. The van der Waals surface area contributed by atoms with Crippen LogP contribution < -0.4 is 10.6 Å². The second-order valence-electron chi connectivity index (χ2n) is 8.23. The van der Waals surface area contributed by atoms with E-state index in [0.29, 0.717) is 0 Å². The normalized spacial score (nSPS) is 12.7. The van der Waals surface area contributed by atoms with Gasteiger partial charge in [-0.1, -0.05) is 72.8 Å². The van der Waals surface area contributed by atoms with Gasteiger partial charge in [-0.3, -0.25) is 0 Å². The molecule has 0 bridgehead atoms. The molecule has 180 valence electrons. The third-order valence-electron chi connectivity index (χ3n) is 6.02. The van der Waals surface area contributed by atoms with Gasteiger partial charge in [-0.15, -0.1) is 0 Å². The number of fused-ring (bicyclic) bond motifs is 3. The number of carbonyl (C=O) groups is 3. The van der Waals surface area contributed by atoms with Crippen LogP contribution in [0.25, 0.3) is 11.1 Å². The lowest BCUT2D eigenvalue weighted by molar-refractivity contribution is -0.139. The SMILES string of the molecule is COC(=O)N[C@@H](Cc1ccc(CNC(=O)OCC2c3ccccc3-c3ccccc32)cc1)C(=O)O. The highest BCUT2D eigenvalue weighted by Crippen LogP contribution is 2.44. The molecule has 8 nitrogen and oxygen atoms in total. The monoisotopic (exact) mass is 474 g/mol. The van der Waals surface area contributed by atoms with Crippen molar-refractivity contribution < 1.29 is 29.0 Å². The predicted octanol–water partition coefficient (Wildman–Crippen LogP) is 4.08. The van der Waals surface area contributed by atoms with E-state index in [2.05, 4.69) is 39.6 Å². The molecule has 0 saturated carbocycles. The van der Waals surface area contributed by atoms with E-state index in [1.165, 1.54) is 18.2 Å². The van der Waals surface area contributed by atoms with Crippen LogP contribution in [0.4, 0.5) is 9.59 Å². The van der Waals surface area contributed by atoms with E-state index in [1.807, 2.05) is 24.3 Å². The number of alkyl carbamates (subject to hydrolysis) is 2. The number of methoxy groups -OCH3 is 1. The van der Waals surface area contributed by atoms with Crippen LogP contribution in [0.1, 0.15) is 28.2 Å².